The Bertz CT molecular complexity index is 603. The predicted octanol–water partition coefficient (Wildman–Crippen LogP) is 0.856. The Morgan fingerprint density at radius 2 is 2.21 bits per heavy atom. The zero-order valence-electron chi connectivity index (χ0n) is 10.7. The Labute approximate surface area is 110 Å². The van der Waals surface area contributed by atoms with Gasteiger partial charge in [-0.25, -0.2) is 0 Å². The molecule has 0 bridgehead atoms. The van der Waals surface area contributed by atoms with Gasteiger partial charge >= 0.3 is 5.69 Å². The molecule has 0 saturated heterocycles. The summed E-state index contributed by atoms with van der Waals surface area (Å²) >= 11 is 0. The molecule has 0 aromatic carbocycles. The second-order valence-corrected chi connectivity index (χ2v) is 6.66. The highest BCUT2D eigenvalue weighted by atomic mass is 32.2. The zero-order chi connectivity index (χ0) is 14.3. The maximum atomic E-state index is 11.0. The lowest BCUT2D eigenvalue weighted by atomic mass is 10.1. The Morgan fingerprint density at radius 3 is 2.63 bits per heavy atom. The highest BCUT2D eigenvalue weighted by Gasteiger charge is 2.44. The quantitative estimate of drug-likeness (QED) is 0.437. The summed E-state index contributed by atoms with van der Waals surface area (Å²) in [6.45, 7) is 2.09. The van der Waals surface area contributed by atoms with Crippen LogP contribution in [0.15, 0.2) is 6.20 Å². The van der Waals surface area contributed by atoms with E-state index in [1.54, 1.807) is 6.92 Å². The summed E-state index contributed by atoms with van der Waals surface area (Å²) in [6.07, 6.45) is 4.03. The van der Waals surface area contributed by atoms with Crippen molar-refractivity contribution in [2.45, 2.75) is 26.3 Å². The van der Waals surface area contributed by atoms with Crippen molar-refractivity contribution in [1.82, 2.24) is 9.78 Å². The normalized spacial score (nSPS) is 17.4. The number of hydrogen-bond acceptors (Lipinski definition) is 6. The van der Waals surface area contributed by atoms with Crippen LogP contribution in [0.25, 0.3) is 0 Å². The average Bonchev–Trinajstić information content (AvgIpc) is 2.92. The highest BCUT2D eigenvalue weighted by molar-refractivity contribution is 7.85. The van der Waals surface area contributed by atoms with Gasteiger partial charge in [-0.2, -0.15) is 13.5 Å². The molecule has 0 N–H and O–H groups in total. The molecule has 2 rings (SSSR count). The number of aryl methyl sites for hydroxylation is 1. The van der Waals surface area contributed by atoms with Crippen molar-refractivity contribution >= 4 is 15.8 Å². The van der Waals surface area contributed by atoms with Crippen LogP contribution in [0.4, 0.5) is 5.69 Å². The number of rotatable bonds is 6. The molecular weight excluding hydrogens is 274 g/mol. The van der Waals surface area contributed by atoms with E-state index in [1.165, 1.54) is 10.9 Å². The molecule has 1 aliphatic carbocycles. The average molecular weight is 289 g/mol. The SMILES string of the molecule is Cc1nn(CC2(COS(C)(=O)=O)CC2)cc1[N+](=O)[O-]. The fraction of sp³-hybridized carbons (Fsp3) is 0.700. The summed E-state index contributed by atoms with van der Waals surface area (Å²) in [5, 5.41) is 14.8. The molecule has 1 fully saturated rings. The van der Waals surface area contributed by atoms with Gasteiger partial charge in [-0.1, -0.05) is 0 Å². The van der Waals surface area contributed by atoms with E-state index in [1.807, 2.05) is 0 Å². The molecule has 1 aliphatic rings. The van der Waals surface area contributed by atoms with Crippen molar-refractivity contribution in [3.8, 4) is 0 Å². The highest BCUT2D eigenvalue weighted by Crippen LogP contribution is 2.47. The third-order valence-electron chi connectivity index (χ3n) is 3.15. The van der Waals surface area contributed by atoms with E-state index in [2.05, 4.69) is 5.10 Å². The first-order valence-corrected chi connectivity index (χ1v) is 7.55. The first-order valence-electron chi connectivity index (χ1n) is 5.74. The predicted molar refractivity (Wildman–Crippen MR) is 66.1 cm³/mol. The Hall–Kier alpha value is -1.48. The lowest BCUT2D eigenvalue weighted by molar-refractivity contribution is -0.385. The molecule has 0 spiro atoms. The summed E-state index contributed by atoms with van der Waals surface area (Å²) in [6, 6.07) is 0. The van der Waals surface area contributed by atoms with E-state index < -0.39 is 15.0 Å². The van der Waals surface area contributed by atoms with E-state index >= 15 is 0 Å². The molecule has 0 radical (unpaired) electrons. The molecule has 9 heteroatoms. The van der Waals surface area contributed by atoms with Crippen LogP contribution in [0.2, 0.25) is 0 Å². The van der Waals surface area contributed by atoms with Crippen LogP contribution in [-0.2, 0) is 20.8 Å². The monoisotopic (exact) mass is 289 g/mol. The minimum atomic E-state index is -3.46. The van der Waals surface area contributed by atoms with Crippen LogP contribution in [0.5, 0.6) is 0 Å². The third kappa shape index (κ3) is 3.51. The largest absolute Gasteiger partial charge is 0.309 e. The fourth-order valence-corrected chi connectivity index (χ4v) is 2.33. The van der Waals surface area contributed by atoms with Crippen molar-refractivity contribution in [1.29, 1.82) is 0 Å². The van der Waals surface area contributed by atoms with Crippen LogP contribution in [0.1, 0.15) is 18.5 Å². The van der Waals surface area contributed by atoms with Crippen LogP contribution < -0.4 is 0 Å². The molecule has 1 saturated carbocycles. The molecule has 1 aromatic rings. The smallest absolute Gasteiger partial charge is 0.270 e. The van der Waals surface area contributed by atoms with E-state index in [0.717, 1.165) is 19.1 Å². The molecule has 1 heterocycles. The molecular formula is C10H15N3O5S. The van der Waals surface area contributed by atoms with Gasteiger partial charge in [-0.15, -0.1) is 0 Å². The van der Waals surface area contributed by atoms with Gasteiger partial charge in [0.1, 0.15) is 11.9 Å². The Morgan fingerprint density at radius 1 is 1.58 bits per heavy atom. The van der Waals surface area contributed by atoms with Crippen LogP contribution in [0.3, 0.4) is 0 Å². The molecule has 106 valence electrons. The lowest BCUT2D eigenvalue weighted by Crippen LogP contribution is -2.20. The molecule has 8 nitrogen and oxygen atoms in total. The number of nitrogens with zero attached hydrogens (tertiary/aromatic N) is 3. The fourth-order valence-electron chi connectivity index (χ4n) is 1.87. The van der Waals surface area contributed by atoms with Crippen LogP contribution in [0, 0.1) is 22.5 Å². The second kappa shape index (κ2) is 4.57. The summed E-state index contributed by atoms with van der Waals surface area (Å²) in [5.74, 6) is 0. The third-order valence-corrected chi connectivity index (χ3v) is 3.70. The maximum absolute atomic E-state index is 11.0. The van der Waals surface area contributed by atoms with Crippen molar-refractivity contribution in [2.24, 2.45) is 5.41 Å². The number of aromatic nitrogens is 2. The Kier molecular flexibility index (Phi) is 3.35. The summed E-state index contributed by atoms with van der Waals surface area (Å²) in [5.41, 5.74) is 0.0553. The van der Waals surface area contributed by atoms with E-state index in [0.29, 0.717) is 12.2 Å². The van der Waals surface area contributed by atoms with Crippen molar-refractivity contribution in [2.75, 3.05) is 12.9 Å². The second-order valence-electron chi connectivity index (χ2n) is 5.02. The van der Waals surface area contributed by atoms with Gasteiger partial charge in [0.05, 0.1) is 17.8 Å². The van der Waals surface area contributed by atoms with Gasteiger partial charge < -0.3 is 0 Å². The molecule has 0 amide bonds. The summed E-state index contributed by atoms with van der Waals surface area (Å²) < 4.78 is 28.2. The van der Waals surface area contributed by atoms with Gasteiger partial charge in [0.15, 0.2) is 0 Å². The minimum absolute atomic E-state index is 0.0279. The van der Waals surface area contributed by atoms with Gasteiger partial charge in [-0.3, -0.25) is 19.0 Å². The summed E-state index contributed by atoms with van der Waals surface area (Å²) in [4.78, 5) is 10.2. The lowest BCUT2D eigenvalue weighted by Gasteiger charge is -2.13. The van der Waals surface area contributed by atoms with E-state index in [-0.39, 0.29) is 17.7 Å². The van der Waals surface area contributed by atoms with Crippen molar-refractivity contribution in [3.05, 3.63) is 22.0 Å². The van der Waals surface area contributed by atoms with Gasteiger partial charge in [0.25, 0.3) is 10.1 Å². The van der Waals surface area contributed by atoms with Gasteiger partial charge in [0, 0.05) is 12.0 Å². The molecule has 19 heavy (non-hydrogen) atoms. The first-order chi connectivity index (χ1) is 8.71. The number of nitro groups is 1. The topological polar surface area (TPSA) is 104 Å². The van der Waals surface area contributed by atoms with E-state index in [9.17, 15) is 18.5 Å². The first kappa shape index (κ1) is 13.9. The maximum Gasteiger partial charge on any atom is 0.309 e. The Balaban J connectivity index is 2.05. The van der Waals surface area contributed by atoms with Crippen LogP contribution in [-0.4, -0.2) is 36.0 Å². The van der Waals surface area contributed by atoms with Crippen molar-refractivity contribution in [3.63, 3.8) is 0 Å². The molecule has 0 aliphatic heterocycles. The van der Waals surface area contributed by atoms with Crippen molar-refractivity contribution < 1.29 is 17.5 Å². The van der Waals surface area contributed by atoms with Crippen LogP contribution >= 0.6 is 0 Å². The standard InChI is InChI=1S/C10H15N3O5S/c1-8-9(13(14)15)5-12(11-8)6-10(3-4-10)7-18-19(2,16)17/h5H,3-4,6-7H2,1-2H3. The van der Waals surface area contributed by atoms with E-state index in [4.69, 9.17) is 4.18 Å². The molecule has 0 unspecified atom stereocenters. The minimum Gasteiger partial charge on any atom is -0.270 e. The van der Waals surface area contributed by atoms with Gasteiger partial charge in [0.2, 0.25) is 0 Å². The summed E-state index contributed by atoms with van der Waals surface area (Å²) in [7, 11) is -3.46. The molecule has 1 aromatic heterocycles. The zero-order valence-corrected chi connectivity index (χ0v) is 11.5. The van der Waals surface area contributed by atoms with Gasteiger partial charge in [-0.05, 0) is 19.8 Å². The molecule has 0 atom stereocenters. The number of hydrogen-bond donors (Lipinski definition) is 0.